The number of benzene rings is 1. The Bertz CT molecular complexity index is 947. The van der Waals surface area contributed by atoms with Gasteiger partial charge in [0.25, 0.3) is 0 Å². The van der Waals surface area contributed by atoms with Gasteiger partial charge in [-0.3, -0.25) is 0 Å². The number of anilines is 1. The highest BCUT2D eigenvalue weighted by Gasteiger charge is 2.50. The van der Waals surface area contributed by atoms with E-state index in [9.17, 15) is 0 Å². The summed E-state index contributed by atoms with van der Waals surface area (Å²) in [5, 5.41) is 12.7. The normalized spacial score (nSPS) is 16.3. The average Bonchev–Trinajstić information content (AvgIpc) is 3.14. The van der Waals surface area contributed by atoms with Crippen LogP contribution in [-0.4, -0.2) is 50.1 Å². The topological polar surface area (TPSA) is 97.3 Å². The Kier molecular flexibility index (Phi) is 6.16. The lowest BCUT2D eigenvalue weighted by Crippen LogP contribution is -2.54. The van der Waals surface area contributed by atoms with Gasteiger partial charge in [-0.2, -0.15) is 4.68 Å². The standard InChI is InChI=1S/C22H39N5O3Si2/c1-20(2,3)31(7,8)28-14-22(15-29-32(9,10)21(4,5)6)19-24-25-26-27(19)17-13-16(23)11-12-18(17)30-22/h11-13H,14-15,23H2,1-10H3. The molecule has 8 nitrogen and oxygen atoms in total. The van der Waals surface area contributed by atoms with Crippen LogP contribution in [0.2, 0.25) is 36.3 Å². The second-order valence-corrected chi connectivity index (χ2v) is 21.5. The Morgan fingerprint density at radius 3 is 2.00 bits per heavy atom. The van der Waals surface area contributed by atoms with E-state index in [1.165, 1.54) is 0 Å². The summed E-state index contributed by atoms with van der Waals surface area (Å²) in [6, 6.07) is 5.51. The van der Waals surface area contributed by atoms with Crippen LogP contribution < -0.4 is 10.5 Å². The molecule has 2 heterocycles. The van der Waals surface area contributed by atoms with Gasteiger partial charge in [-0.05, 0) is 64.9 Å². The Morgan fingerprint density at radius 2 is 1.50 bits per heavy atom. The van der Waals surface area contributed by atoms with Crippen molar-refractivity contribution in [2.24, 2.45) is 0 Å². The number of hydrogen-bond acceptors (Lipinski definition) is 7. The summed E-state index contributed by atoms with van der Waals surface area (Å²) >= 11 is 0. The highest BCUT2D eigenvalue weighted by molar-refractivity contribution is 6.74. The lowest BCUT2D eigenvalue weighted by atomic mass is 10.0. The van der Waals surface area contributed by atoms with Gasteiger partial charge < -0.3 is 19.3 Å². The van der Waals surface area contributed by atoms with E-state index in [1.807, 2.05) is 18.2 Å². The van der Waals surface area contributed by atoms with Crippen molar-refractivity contribution in [1.29, 1.82) is 0 Å². The first-order valence-electron chi connectivity index (χ1n) is 11.1. The van der Waals surface area contributed by atoms with Gasteiger partial charge in [-0.25, -0.2) is 0 Å². The highest BCUT2D eigenvalue weighted by Crippen LogP contribution is 2.44. The molecule has 1 aliphatic rings. The minimum absolute atomic E-state index is 0.0570. The number of ether oxygens (including phenoxy) is 1. The minimum atomic E-state index is -2.07. The molecule has 0 spiro atoms. The molecule has 0 saturated carbocycles. The van der Waals surface area contributed by atoms with Crippen LogP contribution in [0.5, 0.6) is 5.75 Å². The van der Waals surface area contributed by atoms with E-state index in [-0.39, 0.29) is 10.1 Å². The number of nitrogen functional groups attached to an aromatic ring is 1. The van der Waals surface area contributed by atoms with Crippen LogP contribution in [-0.2, 0) is 14.5 Å². The Hall–Kier alpha value is -1.76. The van der Waals surface area contributed by atoms with Gasteiger partial charge >= 0.3 is 0 Å². The van der Waals surface area contributed by atoms with E-state index < -0.39 is 22.2 Å². The SMILES string of the molecule is CC(C)(C)[Si](C)(C)OCC1(CO[Si](C)(C)C(C)(C)C)Oc2ccc(N)cc2-n2nnnc21. The summed E-state index contributed by atoms with van der Waals surface area (Å²) in [7, 11) is -4.14. The van der Waals surface area contributed by atoms with E-state index >= 15 is 0 Å². The molecule has 32 heavy (non-hydrogen) atoms. The molecule has 1 aromatic heterocycles. The van der Waals surface area contributed by atoms with Crippen LogP contribution in [0.1, 0.15) is 47.4 Å². The summed E-state index contributed by atoms with van der Waals surface area (Å²) in [6.45, 7) is 22.9. The van der Waals surface area contributed by atoms with Crippen molar-refractivity contribution in [3.8, 4) is 11.4 Å². The van der Waals surface area contributed by atoms with Gasteiger partial charge in [0, 0.05) is 5.69 Å². The molecule has 0 bridgehead atoms. The quantitative estimate of drug-likeness (QED) is 0.468. The number of hydrogen-bond donors (Lipinski definition) is 1. The molecule has 0 aliphatic carbocycles. The second-order valence-electron chi connectivity index (χ2n) is 11.8. The summed E-state index contributed by atoms with van der Waals surface area (Å²) in [4.78, 5) is 0. The van der Waals surface area contributed by atoms with E-state index in [1.54, 1.807) is 4.68 Å². The van der Waals surface area contributed by atoms with Crippen LogP contribution in [0.3, 0.4) is 0 Å². The molecule has 0 fully saturated rings. The lowest BCUT2D eigenvalue weighted by molar-refractivity contribution is -0.0438. The molecule has 0 radical (unpaired) electrons. The van der Waals surface area contributed by atoms with Gasteiger partial charge in [0.15, 0.2) is 16.6 Å². The zero-order chi connectivity index (χ0) is 24.2. The van der Waals surface area contributed by atoms with Crippen molar-refractivity contribution >= 4 is 22.3 Å². The van der Waals surface area contributed by atoms with Crippen LogP contribution in [0.15, 0.2) is 18.2 Å². The summed E-state index contributed by atoms with van der Waals surface area (Å²) in [5.41, 5.74) is 6.41. The van der Waals surface area contributed by atoms with Crippen molar-refractivity contribution in [3.63, 3.8) is 0 Å². The van der Waals surface area contributed by atoms with Crippen molar-refractivity contribution in [2.75, 3.05) is 18.9 Å². The molecule has 3 rings (SSSR count). The lowest BCUT2D eigenvalue weighted by Gasteiger charge is -2.44. The molecule has 0 atom stereocenters. The molecule has 0 amide bonds. The number of fused-ring (bicyclic) bond motifs is 3. The van der Waals surface area contributed by atoms with E-state index in [0.29, 0.717) is 30.5 Å². The largest absolute Gasteiger partial charge is 0.472 e. The minimum Gasteiger partial charge on any atom is -0.472 e. The molecule has 10 heteroatoms. The summed E-state index contributed by atoms with van der Waals surface area (Å²) < 4.78 is 21.7. The van der Waals surface area contributed by atoms with Gasteiger partial charge in [-0.15, -0.1) is 5.10 Å². The molecule has 1 aliphatic heterocycles. The zero-order valence-electron chi connectivity index (χ0n) is 21.2. The van der Waals surface area contributed by atoms with E-state index in [4.69, 9.17) is 19.3 Å². The zero-order valence-corrected chi connectivity index (χ0v) is 23.2. The number of rotatable bonds is 6. The van der Waals surface area contributed by atoms with Crippen LogP contribution >= 0.6 is 0 Å². The number of nitrogens with zero attached hydrogens (tertiary/aromatic N) is 4. The van der Waals surface area contributed by atoms with Crippen LogP contribution in [0.4, 0.5) is 5.69 Å². The summed E-state index contributed by atoms with van der Waals surface area (Å²) in [5.74, 6) is 1.24. The molecule has 0 saturated heterocycles. The van der Waals surface area contributed by atoms with Gasteiger partial charge in [-0.1, -0.05) is 41.5 Å². The van der Waals surface area contributed by atoms with Gasteiger partial charge in [0.1, 0.15) is 11.4 Å². The molecule has 2 aromatic rings. The smallest absolute Gasteiger partial charge is 0.213 e. The maximum absolute atomic E-state index is 6.67. The van der Waals surface area contributed by atoms with Gasteiger partial charge in [0.2, 0.25) is 11.4 Å². The third kappa shape index (κ3) is 4.50. The monoisotopic (exact) mass is 477 g/mol. The Labute approximate surface area is 194 Å². The molecule has 0 unspecified atom stereocenters. The first-order chi connectivity index (χ1) is 14.5. The fourth-order valence-corrected chi connectivity index (χ4v) is 4.99. The molecule has 178 valence electrons. The maximum atomic E-state index is 6.67. The van der Waals surface area contributed by atoms with Crippen molar-refractivity contribution in [2.45, 2.75) is 83.4 Å². The first-order valence-corrected chi connectivity index (χ1v) is 17.0. The van der Waals surface area contributed by atoms with Crippen molar-refractivity contribution < 1.29 is 13.6 Å². The number of tetrazole rings is 1. The molecule has 2 N–H and O–H groups in total. The average molecular weight is 478 g/mol. The van der Waals surface area contributed by atoms with Crippen LogP contribution in [0, 0.1) is 0 Å². The van der Waals surface area contributed by atoms with E-state index in [0.717, 1.165) is 5.69 Å². The second kappa shape index (κ2) is 7.93. The maximum Gasteiger partial charge on any atom is 0.213 e. The predicted octanol–water partition coefficient (Wildman–Crippen LogP) is 4.88. The Balaban J connectivity index is 2.05. The summed E-state index contributed by atoms with van der Waals surface area (Å²) in [6.07, 6.45) is 0. The molecular weight excluding hydrogens is 438 g/mol. The highest BCUT2D eigenvalue weighted by atomic mass is 28.4. The number of aromatic nitrogens is 4. The molecular formula is C22H39N5O3Si2. The first kappa shape index (κ1) is 24.9. The predicted molar refractivity (Wildman–Crippen MR) is 132 cm³/mol. The fraction of sp³-hybridized carbons (Fsp3) is 0.682. The van der Waals surface area contributed by atoms with Gasteiger partial charge in [0.05, 0.1) is 13.2 Å². The fourth-order valence-electron chi connectivity index (χ4n) is 2.93. The van der Waals surface area contributed by atoms with E-state index in [2.05, 4.69) is 83.3 Å². The Morgan fingerprint density at radius 1 is 0.969 bits per heavy atom. The van der Waals surface area contributed by atoms with Crippen molar-refractivity contribution in [3.05, 3.63) is 24.0 Å². The van der Waals surface area contributed by atoms with Crippen molar-refractivity contribution in [1.82, 2.24) is 20.2 Å². The third-order valence-electron chi connectivity index (χ3n) is 7.34. The third-order valence-corrected chi connectivity index (χ3v) is 16.3. The van der Waals surface area contributed by atoms with Crippen LogP contribution in [0.25, 0.3) is 5.69 Å². The molecule has 1 aromatic carbocycles. The number of nitrogens with two attached hydrogens (primary N) is 1.